The highest BCUT2D eigenvalue weighted by Gasteiger charge is 2.05. The summed E-state index contributed by atoms with van der Waals surface area (Å²) >= 11 is 0. The van der Waals surface area contributed by atoms with Crippen molar-refractivity contribution in [2.75, 3.05) is 27.7 Å². The van der Waals surface area contributed by atoms with Gasteiger partial charge in [0.2, 0.25) is 0 Å². The molecule has 31 heavy (non-hydrogen) atoms. The highest BCUT2D eigenvalue weighted by atomic mass is 16.4. The third kappa shape index (κ3) is 21.4. The van der Waals surface area contributed by atoms with E-state index in [1.165, 1.54) is 121 Å². The zero-order chi connectivity index (χ0) is 22.7. The number of unbranched alkanes of at least 4 members (excludes halogenated alkanes) is 13. The molecule has 0 aliphatic heterocycles. The molecule has 5 nitrogen and oxygen atoms in total. The van der Waals surface area contributed by atoms with E-state index in [-0.39, 0.29) is 11.0 Å². The SMILES string of the molecule is CCCCCCCCCCCCCCCC[N+](C)(C)C.O.O=C(O)c1ccccc1[O-]. The summed E-state index contributed by atoms with van der Waals surface area (Å²) < 4.78 is 1.12. The molecule has 5 heteroatoms. The van der Waals surface area contributed by atoms with Gasteiger partial charge < -0.3 is 20.2 Å². The second-order valence-corrected chi connectivity index (χ2v) is 9.41. The van der Waals surface area contributed by atoms with Crippen molar-refractivity contribution in [2.24, 2.45) is 0 Å². The molecule has 0 aromatic heterocycles. The van der Waals surface area contributed by atoms with E-state index in [4.69, 9.17) is 5.11 Å². The number of hydrogen-bond donors (Lipinski definition) is 1. The Morgan fingerprint density at radius 2 is 1.16 bits per heavy atom. The lowest BCUT2D eigenvalue weighted by Gasteiger charge is -2.23. The number of benzene rings is 1. The molecule has 0 saturated carbocycles. The Labute approximate surface area is 191 Å². The summed E-state index contributed by atoms with van der Waals surface area (Å²) in [5.74, 6) is -1.62. The van der Waals surface area contributed by atoms with E-state index in [0.29, 0.717) is 0 Å². The van der Waals surface area contributed by atoms with Crippen LogP contribution >= 0.6 is 0 Å². The molecule has 0 bridgehead atoms. The summed E-state index contributed by atoms with van der Waals surface area (Å²) in [7, 11) is 6.88. The maximum atomic E-state index is 10.7. The van der Waals surface area contributed by atoms with Crippen LogP contribution in [0, 0.1) is 0 Å². The quantitative estimate of drug-likeness (QED) is 0.260. The highest BCUT2D eigenvalue weighted by Crippen LogP contribution is 2.13. The lowest BCUT2D eigenvalue weighted by Crippen LogP contribution is -2.35. The molecule has 182 valence electrons. The van der Waals surface area contributed by atoms with E-state index in [2.05, 4.69) is 28.1 Å². The molecule has 0 radical (unpaired) electrons. The van der Waals surface area contributed by atoms with Gasteiger partial charge in [-0.05, 0) is 18.9 Å². The van der Waals surface area contributed by atoms with E-state index in [1.54, 1.807) is 0 Å². The summed E-state index contributed by atoms with van der Waals surface area (Å²) in [6, 6.07) is 5.54. The Morgan fingerprint density at radius 3 is 1.48 bits per heavy atom. The van der Waals surface area contributed by atoms with Gasteiger partial charge in [0.25, 0.3) is 0 Å². The van der Waals surface area contributed by atoms with Crippen LogP contribution in [0.3, 0.4) is 0 Å². The minimum atomic E-state index is -1.18. The van der Waals surface area contributed by atoms with Crippen molar-refractivity contribution in [3.8, 4) is 5.75 Å². The van der Waals surface area contributed by atoms with E-state index < -0.39 is 11.7 Å². The van der Waals surface area contributed by atoms with Crippen LogP contribution in [0.1, 0.15) is 107 Å². The third-order valence-electron chi connectivity index (χ3n) is 5.30. The van der Waals surface area contributed by atoms with Gasteiger partial charge in [0.1, 0.15) is 0 Å². The van der Waals surface area contributed by atoms with Crippen LogP contribution < -0.4 is 5.11 Å². The van der Waals surface area contributed by atoms with Crippen molar-refractivity contribution in [1.29, 1.82) is 0 Å². The molecule has 0 aliphatic carbocycles. The minimum Gasteiger partial charge on any atom is -0.872 e. The molecule has 0 fully saturated rings. The number of aromatic carboxylic acids is 1. The number of quaternary nitrogens is 1. The molecule has 0 spiro atoms. The smallest absolute Gasteiger partial charge is 0.335 e. The summed E-state index contributed by atoms with van der Waals surface area (Å²) in [5, 5.41) is 19.0. The first-order valence-corrected chi connectivity index (χ1v) is 12.1. The van der Waals surface area contributed by atoms with Gasteiger partial charge in [-0.25, -0.2) is 4.79 Å². The van der Waals surface area contributed by atoms with Crippen LogP contribution in [0.4, 0.5) is 0 Å². The molecule has 1 aromatic rings. The van der Waals surface area contributed by atoms with Gasteiger partial charge in [-0.1, -0.05) is 108 Å². The fraction of sp³-hybridized carbons (Fsp3) is 0.731. The van der Waals surface area contributed by atoms with Crippen LogP contribution in [0.25, 0.3) is 0 Å². The predicted octanol–water partition coefficient (Wildman–Crippen LogP) is 5.81. The molecular formula is C26H49NO4. The molecule has 0 unspecified atom stereocenters. The Morgan fingerprint density at radius 1 is 0.774 bits per heavy atom. The van der Waals surface area contributed by atoms with Gasteiger partial charge in [0.05, 0.1) is 33.3 Å². The molecule has 0 amide bonds. The molecule has 3 N–H and O–H groups in total. The standard InChI is InChI=1S/C19H42N.C7H6O3.H2O/c1-5-6-7-8-9-10-11-12-13-14-15-16-17-18-19-20(2,3)4;8-6-4-2-1-3-5(6)7(9)10;/h5-19H2,1-4H3;1-4,8H,(H,9,10);1H2/q+1;;/p-1. The fourth-order valence-electron chi connectivity index (χ4n) is 3.42. The van der Waals surface area contributed by atoms with Crippen LogP contribution in [0.5, 0.6) is 5.75 Å². The first-order chi connectivity index (χ1) is 14.3. The maximum Gasteiger partial charge on any atom is 0.335 e. The Balaban J connectivity index is 0. The topological polar surface area (TPSA) is 91.9 Å². The predicted molar refractivity (Wildman–Crippen MR) is 130 cm³/mol. The lowest BCUT2D eigenvalue weighted by molar-refractivity contribution is -0.870. The second kappa shape index (κ2) is 20.3. The second-order valence-electron chi connectivity index (χ2n) is 9.41. The molecule has 1 aromatic carbocycles. The zero-order valence-electron chi connectivity index (χ0n) is 20.6. The fourth-order valence-corrected chi connectivity index (χ4v) is 3.42. The van der Waals surface area contributed by atoms with Crippen molar-refractivity contribution in [3.05, 3.63) is 29.8 Å². The number of hydrogen-bond acceptors (Lipinski definition) is 2. The number of carboxylic acid groups (broad SMARTS) is 1. The molecular weight excluding hydrogens is 390 g/mol. The third-order valence-corrected chi connectivity index (χ3v) is 5.30. The van der Waals surface area contributed by atoms with Gasteiger partial charge in [-0.3, -0.25) is 0 Å². The van der Waals surface area contributed by atoms with Gasteiger partial charge in [-0.2, -0.15) is 0 Å². The highest BCUT2D eigenvalue weighted by molar-refractivity contribution is 5.90. The number of carboxylic acids is 1. The summed E-state index contributed by atoms with van der Waals surface area (Å²) in [4.78, 5) is 10.2. The van der Waals surface area contributed by atoms with Crippen molar-refractivity contribution >= 4 is 5.97 Å². The molecule has 1 rings (SSSR count). The monoisotopic (exact) mass is 439 g/mol. The Bertz CT molecular complexity index is 540. The number of para-hydroxylation sites is 1. The van der Waals surface area contributed by atoms with E-state index in [1.807, 2.05) is 0 Å². The van der Waals surface area contributed by atoms with Crippen molar-refractivity contribution in [3.63, 3.8) is 0 Å². The van der Waals surface area contributed by atoms with Gasteiger partial charge in [0.15, 0.2) is 0 Å². The molecule has 0 saturated heterocycles. The molecule has 0 heterocycles. The number of carbonyl (C=O) groups is 1. The van der Waals surface area contributed by atoms with E-state index >= 15 is 0 Å². The Kier molecular flexibility index (Phi) is 20.7. The van der Waals surface area contributed by atoms with E-state index in [0.717, 1.165) is 4.48 Å². The lowest BCUT2D eigenvalue weighted by atomic mass is 10.0. The van der Waals surface area contributed by atoms with Gasteiger partial charge in [-0.15, -0.1) is 0 Å². The largest absolute Gasteiger partial charge is 0.872 e. The van der Waals surface area contributed by atoms with Crippen molar-refractivity contribution in [2.45, 2.75) is 96.8 Å². The van der Waals surface area contributed by atoms with Crippen molar-refractivity contribution in [1.82, 2.24) is 0 Å². The maximum absolute atomic E-state index is 10.7. The zero-order valence-corrected chi connectivity index (χ0v) is 20.6. The summed E-state index contributed by atoms with van der Waals surface area (Å²) in [6.07, 6.45) is 20.4. The van der Waals surface area contributed by atoms with Crippen LogP contribution in [0.2, 0.25) is 0 Å². The Hall–Kier alpha value is -1.59. The number of rotatable bonds is 16. The summed E-state index contributed by atoms with van der Waals surface area (Å²) in [5.41, 5.74) is -0.178. The number of nitrogens with zero attached hydrogens (tertiary/aromatic N) is 1. The first kappa shape index (κ1) is 31.6. The van der Waals surface area contributed by atoms with Crippen LogP contribution in [-0.2, 0) is 0 Å². The molecule has 0 aliphatic rings. The summed E-state index contributed by atoms with van der Waals surface area (Å²) in [6.45, 7) is 3.63. The average Bonchev–Trinajstić information content (AvgIpc) is 2.68. The first-order valence-electron chi connectivity index (χ1n) is 12.1. The van der Waals surface area contributed by atoms with Crippen LogP contribution in [-0.4, -0.2) is 48.7 Å². The molecule has 0 atom stereocenters. The average molecular weight is 440 g/mol. The van der Waals surface area contributed by atoms with Gasteiger partial charge >= 0.3 is 5.97 Å². The van der Waals surface area contributed by atoms with Crippen molar-refractivity contribution < 1.29 is 25.0 Å². The van der Waals surface area contributed by atoms with E-state index in [9.17, 15) is 9.90 Å². The normalized spacial score (nSPS) is 10.7. The van der Waals surface area contributed by atoms with Crippen LogP contribution in [0.15, 0.2) is 24.3 Å². The van der Waals surface area contributed by atoms with Gasteiger partial charge in [0, 0.05) is 0 Å². The minimum absolute atomic E-state index is 0.